The van der Waals surface area contributed by atoms with Crippen molar-refractivity contribution in [2.75, 3.05) is 6.54 Å². The molecular formula is C29H30BrN3O5. The summed E-state index contributed by atoms with van der Waals surface area (Å²) in [6.07, 6.45) is 5.19. The van der Waals surface area contributed by atoms with E-state index in [0.29, 0.717) is 35.6 Å². The second-order valence-corrected chi connectivity index (χ2v) is 11.6. The van der Waals surface area contributed by atoms with E-state index in [1.165, 1.54) is 0 Å². The maximum atomic E-state index is 13.7. The summed E-state index contributed by atoms with van der Waals surface area (Å²) < 4.78 is 14.1. The molecule has 8 nitrogen and oxygen atoms in total. The Bertz CT molecular complexity index is 1540. The molecule has 2 aromatic heterocycles. The topological polar surface area (TPSA) is 114 Å². The molecule has 0 unspecified atom stereocenters. The van der Waals surface area contributed by atoms with Crippen LogP contribution in [-0.4, -0.2) is 28.0 Å². The summed E-state index contributed by atoms with van der Waals surface area (Å²) in [4.78, 5) is 45.3. The molecule has 2 N–H and O–H groups in total. The number of rotatable bonds is 5. The summed E-state index contributed by atoms with van der Waals surface area (Å²) in [5.74, 6) is -1.14. The Morgan fingerprint density at radius 3 is 2.74 bits per heavy atom. The molecule has 1 aliphatic carbocycles. The fourth-order valence-electron chi connectivity index (χ4n) is 6.42. The minimum absolute atomic E-state index is 0.142. The van der Waals surface area contributed by atoms with E-state index in [1.807, 2.05) is 24.3 Å². The van der Waals surface area contributed by atoms with Crippen molar-refractivity contribution in [3.63, 3.8) is 0 Å². The van der Waals surface area contributed by atoms with Gasteiger partial charge in [0.25, 0.3) is 5.56 Å². The summed E-state index contributed by atoms with van der Waals surface area (Å²) in [7, 11) is 0. The third-order valence-electron chi connectivity index (χ3n) is 8.62. The van der Waals surface area contributed by atoms with E-state index in [4.69, 9.17) is 20.2 Å². The highest BCUT2D eigenvalue weighted by molar-refractivity contribution is 9.10. The molecule has 0 spiro atoms. The Morgan fingerprint density at radius 1 is 1.21 bits per heavy atom. The lowest BCUT2D eigenvalue weighted by atomic mass is 9.72. The predicted octanol–water partition coefficient (Wildman–Crippen LogP) is 4.69. The first-order valence-corrected chi connectivity index (χ1v) is 14.0. The van der Waals surface area contributed by atoms with Crippen LogP contribution in [0.1, 0.15) is 68.6 Å². The summed E-state index contributed by atoms with van der Waals surface area (Å²) in [6, 6.07) is 9.64. The molecule has 2 aliphatic heterocycles. The van der Waals surface area contributed by atoms with E-state index >= 15 is 0 Å². The molecule has 0 saturated heterocycles. The molecule has 9 heteroatoms. The maximum absolute atomic E-state index is 13.7. The van der Waals surface area contributed by atoms with Gasteiger partial charge in [0.1, 0.15) is 6.61 Å². The molecule has 1 saturated carbocycles. The number of hydrogen-bond donors (Lipinski definition) is 1. The highest BCUT2D eigenvalue weighted by Gasteiger charge is 2.51. The highest BCUT2D eigenvalue weighted by Crippen LogP contribution is 2.43. The first kappa shape index (κ1) is 25.2. The van der Waals surface area contributed by atoms with E-state index in [1.54, 1.807) is 17.6 Å². The van der Waals surface area contributed by atoms with Gasteiger partial charge in [-0.3, -0.25) is 9.59 Å². The van der Waals surface area contributed by atoms with Crippen LogP contribution in [0.5, 0.6) is 0 Å². The zero-order valence-corrected chi connectivity index (χ0v) is 22.9. The van der Waals surface area contributed by atoms with Gasteiger partial charge in [-0.05, 0) is 55.5 Å². The van der Waals surface area contributed by atoms with Crippen molar-refractivity contribution in [1.29, 1.82) is 0 Å². The Hall–Kier alpha value is -3.04. The standard InChI is InChI=1S/C29H30BrN3O5/c1-2-29(38-24(34)13-28(16-31)9-4-3-5-10-28)20-12-23-25-17(11-18-21(30)7-6-8-22(18)32-25)14-33(23)26(35)19(20)15-37-27(29)36/h6-8,11-12H,2-5,9-10,13-16,31H2,1H3/t29-/m0/s1. The molecule has 38 heavy (non-hydrogen) atoms. The van der Waals surface area contributed by atoms with Gasteiger partial charge < -0.3 is 19.8 Å². The van der Waals surface area contributed by atoms with Gasteiger partial charge in [-0.2, -0.15) is 0 Å². The lowest BCUT2D eigenvalue weighted by Crippen LogP contribution is -2.48. The van der Waals surface area contributed by atoms with E-state index in [2.05, 4.69) is 15.9 Å². The molecule has 4 heterocycles. The van der Waals surface area contributed by atoms with Crippen LogP contribution >= 0.6 is 15.9 Å². The maximum Gasteiger partial charge on any atom is 0.355 e. The number of nitrogens with two attached hydrogens (primary N) is 1. The Morgan fingerprint density at radius 2 is 2.00 bits per heavy atom. The second kappa shape index (κ2) is 9.31. The minimum Gasteiger partial charge on any atom is -0.457 e. The summed E-state index contributed by atoms with van der Waals surface area (Å²) >= 11 is 3.59. The van der Waals surface area contributed by atoms with Crippen LogP contribution in [0.15, 0.2) is 39.6 Å². The first-order chi connectivity index (χ1) is 18.3. The fourth-order valence-corrected chi connectivity index (χ4v) is 6.89. The Balaban J connectivity index is 1.44. The van der Waals surface area contributed by atoms with Crippen LogP contribution in [0, 0.1) is 5.41 Å². The van der Waals surface area contributed by atoms with E-state index in [0.717, 1.165) is 53.0 Å². The molecule has 0 amide bonds. The zero-order chi connectivity index (χ0) is 26.7. The first-order valence-electron chi connectivity index (χ1n) is 13.3. The number of fused-ring (bicyclic) bond motifs is 5. The average Bonchev–Trinajstić information content (AvgIpc) is 3.28. The van der Waals surface area contributed by atoms with Crippen molar-refractivity contribution in [2.45, 2.75) is 70.6 Å². The molecule has 1 fully saturated rings. The molecule has 1 atom stereocenters. The smallest absolute Gasteiger partial charge is 0.355 e. The molecule has 198 valence electrons. The van der Waals surface area contributed by atoms with Crippen molar-refractivity contribution in [3.8, 4) is 11.4 Å². The third kappa shape index (κ3) is 3.81. The minimum atomic E-state index is -1.69. The van der Waals surface area contributed by atoms with Crippen LogP contribution in [0.4, 0.5) is 0 Å². The highest BCUT2D eigenvalue weighted by atomic mass is 79.9. The van der Waals surface area contributed by atoms with Crippen LogP contribution in [0.3, 0.4) is 0 Å². The van der Waals surface area contributed by atoms with E-state index < -0.39 is 17.5 Å². The van der Waals surface area contributed by atoms with Gasteiger partial charge in [0.2, 0.25) is 5.60 Å². The van der Waals surface area contributed by atoms with Crippen LogP contribution in [-0.2, 0) is 37.8 Å². The van der Waals surface area contributed by atoms with E-state index in [9.17, 15) is 14.4 Å². The largest absolute Gasteiger partial charge is 0.457 e. The number of pyridine rings is 2. The lowest BCUT2D eigenvalue weighted by Gasteiger charge is -2.39. The predicted molar refractivity (Wildman–Crippen MR) is 145 cm³/mol. The second-order valence-electron chi connectivity index (χ2n) is 10.8. The number of benzene rings is 1. The Kier molecular flexibility index (Phi) is 6.18. The molecule has 0 radical (unpaired) electrons. The fraction of sp³-hybridized carbons (Fsp3) is 0.448. The van der Waals surface area contributed by atoms with Gasteiger partial charge in [0.05, 0.1) is 35.4 Å². The van der Waals surface area contributed by atoms with Gasteiger partial charge in [0, 0.05) is 21.0 Å². The molecular weight excluding hydrogens is 550 g/mol. The normalized spacial score (nSPS) is 21.4. The van der Waals surface area contributed by atoms with Crippen molar-refractivity contribution >= 4 is 38.8 Å². The van der Waals surface area contributed by atoms with Gasteiger partial charge in [-0.1, -0.05) is 48.2 Å². The number of carbonyl (C=O) groups excluding carboxylic acids is 2. The number of cyclic esters (lactones) is 1. The molecule has 1 aromatic carbocycles. The van der Waals surface area contributed by atoms with Gasteiger partial charge in [-0.15, -0.1) is 0 Å². The summed E-state index contributed by atoms with van der Waals surface area (Å²) in [5.41, 5.74) is 7.60. The quantitative estimate of drug-likeness (QED) is 0.341. The number of hydrogen-bond acceptors (Lipinski definition) is 7. The van der Waals surface area contributed by atoms with Gasteiger partial charge >= 0.3 is 11.9 Å². The lowest BCUT2D eigenvalue weighted by molar-refractivity contribution is -0.191. The SMILES string of the molecule is CC[C@@]1(OC(=O)CC2(CN)CCCCC2)C(=O)OCc2c1cc1n(c2=O)Cc2cc3c(Br)cccc3nc2-1. The summed E-state index contributed by atoms with van der Waals surface area (Å²) in [5, 5.41) is 0.962. The van der Waals surface area contributed by atoms with Gasteiger partial charge in [-0.25, -0.2) is 9.78 Å². The molecule has 3 aliphatic rings. The zero-order valence-electron chi connectivity index (χ0n) is 21.3. The van der Waals surface area contributed by atoms with Gasteiger partial charge in [0.15, 0.2) is 0 Å². The van der Waals surface area contributed by atoms with Crippen LogP contribution < -0.4 is 11.3 Å². The number of ether oxygens (including phenoxy) is 2. The number of esters is 2. The number of halogens is 1. The summed E-state index contributed by atoms with van der Waals surface area (Å²) in [6.45, 7) is 2.37. The number of carbonyl (C=O) groups is 2. The van der Waals surface area contributed by atoms with Crippen molar-refractivity contribution in [3.05, 3.63) is 61.8 Å². The third-order valence-corrected chi connectivity index (χ3v) is 9.31. The molecule has 3 aromatic rings. The average molecular weight is 580 g/mol. The number of aromatic nitrogens is 2. The monoisotopic (exact) mass is 579 g/mol. The van der Waals surface area contributed by atoms with Crippen molar-refractivity contribution < 1.29 is 19.1 Å². The van der Waals surface area contributed by atoms with Crippen LogP contribution in [0.25, 0.3) is 22.3 Å². The van der Waals surface area contributed by atoms with Crippen molar-refractivity contribution in [2.24, 2.45) is 11.1 Å². The van der Waals surface area contributed by atoms with Crippen LogP contribution in [0.2, 0.25) is 0 Å². The Labute approximate surface area is 228 Å². The number of nitrogens with zero attached hydrogens (tertiary/aromatic N) is 2. The molecule has 6 rings (SSSR count). The molecule has 0 bridgehead atoms. The van der Waals surface area contributed by atoms with Crippen molar-refractivity contribution in [1.82, 2.24) is 9.55 Å². The van der Waals surface area contributed by atoms with E-state index in [-0.39, 0.29) is 30.4 Å².